The molecule has 0 atom stereocenters. The van der Waals surface area contributed by atoms with Crippen LogP contribution in [0.25, 0.3) is 6.08 Å². The van der Waals surface area contributed by atoms with Crippen LogP contribution in [0.2, 0.25) is 0 Å². The quantitative estimate of drug-likeness (QED) is 0.361. The van der Waals surface area contributed by atoms with Gasteiger partial charge in [0.15, 0.2) is 0 Å². The van der Waals surface area contributed by atoms with Gasteiger partial charge in [-0.1, -0.05) is 54.1 Å². The smallest absolute Gasteiger partial charge is 0.272 e. The molecule has 0 saturated carbocycles. The van der Waals surface area contributed by atoms with Gasteiger partial charge in [-0.2, -0.15) is 0 Å². The predicted molar refractivity (Wildman–Crippen MR) is 128 cm³/mol. The summed E-state index contributed by atoms with van der Waals surface area (Å²) in [4.78, 5) is 37.5. The highest BCUT2D eigenvalue weighted by Crippen LogP contribution is 2.22. The van der Waals surface area contributed by atoms with Gasteiger partial charge in [0.2, 0.25) is 5.91 Å². The highest BCUT2D eigenvalue weighted by atomic mass is 32.2. The Morgan fingerprint density at radius 3 is 2.34 bits per heavy atom. The number of anilines is 1. The summed E-state index contributed by atoms with van der Waals surface area (Å²) in [6.07, 6.45) is 1.63. The van der Waals surface area contributed by atoms with Crippen molar-refractivity contribution in [1.29, 1.82) is 0 Å². The zero-order valence-electron chi connectivity index (χ0n) is 17.5. The second-order valence-electron chi connectivity index (χ2n) is 7.03. The molecule has 0 aliphatic rings. The van der Waals surface area contributed by atoms with E-state index in [1.165, 1.54) is 11.8 Å². The Hall–Kier alpha value is -3.84. The number of thioether (sulfide) groups is 1. The van der Waals surface area contributed by atoms with Crippen molar-refractivity contribution in [3.63, 3.8) is 0 Å². The third kappa shape index (κ3) is 6.85. The lowest BCUT2D eigenvalue weighted by Crippen LogP contribution is -2.30. The Bertz CT molecular complexity index is 1140. The van der Waals surface area contributed by atoms with Gasteiger partial charge in [0.05, 0.1) is 5.75 Å². The van der Waals surface area contributed by atoms with E-state index >= 15 is 0 Å². The molecular weight excluding hydrogens is 422 g/mol. The molecule has 3 aromatic rings. The number of hydrogen-bond acceptors (Lipinski definition) is 4. The molecule has 3 rings (SSSR count). The number of carbonyl (C=O) groups excluding carboxylic acids is 3. The van der Waals surface area contributed by atoms with E-state index in [0.29, 0.717) is 11.3 Å². The number of rotatable bonds is 8. The van der Waals surface area contributed by atoms with Gasteiger partial charge in [0.1, 0.15) is 5.70 Å². The van der Waals surface area contributed by atoms with E-state index < -0.39 is 11.8 Å². The lowest BCUT2D eigenvalue weighted by atomic mass is 10.1. The van der Waals surface area contributed by atoms with Crippen molar-refractivity contribution in [2.24, 2.45) is 5.73 Å². The molecule has 0 aromatic heterocycles. The zero-order valence-corrected chi connectivity index (χ0v) is 18.3. The first-order chi connectivity index (χ1) is 15.4. The minimum absolute atomic E-state index is 0.109. The molecular formula is C25H23N3O3S. The fourth-order valence-corrected chi connectivity index (χ4v) is 3.48. The Kier molecular flexibility index (Phi) is 7.83. The molecule has 0 aliphatic carbocycles. The van der Waals surface area contributed by atoms with Crippen LogP contribution in [-0.2, 0) is 9.59 Å². The Morgan fingerprint density at radius 1 is 0.938 bits per heavy atom. The second-order valence-corrected chi connectivity index (χ2v) is 8.07. The van der Waals surface area contributed by atoms with Crippen LogP contribution in [0.4, 0.5) is 5.69 Å². The van der Waals surface area contributed by atoms with Crippen molar-refractivity contribution < 1.29 is 14.4 Å². The number of aryl methyl sites for hydroxylation is 1. The summed E-state index contributed by atoms with van der Waals surface area (Å²) in [5, 5.41) is 5.52. The van der Waals surface area contributed by atoms with Crippen molar-refractivity contribution in [1.82, 2.24) is 5.32 Å². The summed E-state index contributed by atoms with van der Waals surface area (Å²) in [6, 6.07) is 23.4. The lowest BCUT2D eigenvalue weighted by Gasteiger charge is -2.12. The minimum Gasteiger partial charge on any atom is -0.369 e. The second kappa shape index (κ2) is 11.0. The molecule has 32 heavy (non-hydrogen) atoms. The summed E-state index contributed by atoms with van der Waals surface area (Å²) in [5.74, 6) is -1.13. The van der Waals surface area contributed by atoms with Gasteiger partial charge in [-0.3, -0.25) is 14.4 Å². The summed E-state index contributed by atoms with van der Waals surface area (Å²) in [6.45, 7) is 1.97. The third-order valence-corrected chi connectivity index (χ3v) is 5.41. The van der Waals surface area contributed by atoms with Gasteiger partial charge >= 0.3 is 0 Å². The average molecular weight is 446 g/mol. The van der Waals surface area contributed by atoms with Crippen LogP contribution in [0.5, 0.6) is 0 Å². The predicted octanol–water partition coefficient (Wildman–Crippen LogP) is 3.98. The van der Waals surface area contributed by atoms with Crippen LogP contribution in [-0.4, -0.2) is 23.5 Å². The monoisotopic (exact) mass is 445 g/mol. The first kappa shape index (κ1) is 22.8. The minimum atomic E-state index is -0.466. The molecule has 0 radical (unpaired) electrons. The number of carbonyl (C=O) groups is 3. The van der Waals surface area contributed by atoms with E-state index in [1.807, 2.05) is 43.3 Å². The number of benzene rings is 3. The van der Waals surface area contributed by atoms with Crippen molar-refractivity contribution >= 4 is 41.2 Å². The van der Waals surface area contributed by atoms with Gasteiger partial charge in [-0.05, 0) is 48.9 Å². The summed E-state index contributed by atoms with van der Waals surface area (Å²) < 4.78 is 0. The first-order valence-electron chi connectivity index (χ1n) is 9.88. The van der Waals surface area contributed by atoms with Crippen molar-refractivity contribution in [2.45, 2.75) is 11.8 Å². The first-order valence-corrected chi connectivity index (χ1v) is 10.9. The molecule has 0 fully saturated rings. The van der Waals surface area contributed by atoms with Crippen molar-refractivity contribution in [3.8, 4) is 0 Å². The number of nitrogens with one attached hydrogen (secondary N) is 2. The largest absolute Gasteiger partial charge is 0.369 e. The van der Waals surface area contributed by atoms with Crippen molar-refractivity contribution in [2.75, 3.05) is 11.1 Å². The fourth-order valence-electron chi connectivity index (χ4n) is 2.79. The molecule has 0 saturated heterocycles. The average Bonchev–Trinajstić information content (AvgIpc) is 2.79. The SMILES string of the molecule is Cc1ccc(/C=C(/NC(=O)c2ccccc2)C(=O)Nc2cccc(SCC(N)=O)c2)cc1. The van der Waals surface area contributed by atoms with Crippen LogP contribution in [0.15, 0.2) is 89.5 Å². The van der Waals surface area contributed by atoms with Crippen LogP contribution in [0.1, 0.15) is 21.5 Å². The number of amides is 3. The Labute approximate surface area is 190 Å². The fraction of sp³-hybridized carbons (Fsp3) is 0.0800. The highest BCUT2D eigenvalue weighted by Gasteiger charge is 2.15. The van der Waals surface area contributed by atoms with E-state index in [4.69, 9.17) is 5.73 Å². The van der Waals surface area contributed by atoms with E-state index in [2.05, 4.69) is 10.6 Å². The molecule has 0 bridgehead atoms. The highest BCUT2D eigenvalue weighted by molar-refractivity contribution is 8.00. The van der Waals surface area contributed by atoms with E-state index in [0.717, 1.165) is 16.0 Å². The molecule has 7 heteroatoms. The zero-order chi connectivity index (χ0) is 22.9. The third-order valence-electron chi connectivity index (χ3n) is 4.39. The molecule has 4 N–H and O–H groups in total. The Balaban J connectivity index is 1.83. The summed E-state index contributed by atoms with van der Waals surface area (Å²) in [5.41, 5.74) is 8.15. The molecule has 0 unspecified atom stereocenters. The molecule has 6 nitrogen and oxygen atoms in total. The van der Waals surface area contributed by atoms with Crippen LogP contribution >= 0.6 is 11.8 Å². The van der Waals surface area contributed by atoms with E-state index in [9.17, 15) is 14.4 Å². The maximum absolute atomic E-state index is 13.1. The van der Waals surface area contributed by atoms with Crippen LogP contribution in [0.3, 0.4) is 0 Å². The number of nitrogens with two attached hydrogens (primary N) is 1. The molecule has 162 valence electrons. The normalized spacial score (nSPS) is 11.0. The topological polar surface area (TPSA) is 101 Å². The maximum atomic E-state index is 13.1. The number of hydrogen-bond donors (Lipinski definition) is 3. The molecule has 3 aromatic carbocycles. The van der Waals surface area contributed by atoms with Gasteiger partial charge in [-0.25, -0.2) is 0 Å². The summed E-state index contributed by atoms with van der Waals surface area (Å²) in [7, 11) is 0. The summed E-state index contributed by atoms with van der Waals surface area (Å²) >= 11 is 1.28. The lowest BCUT2D eigenvalue weighted by molar-refractivity contribution is -0.115. The molecule has 0 heterocycles. The van der Waals surface area contributed by atoms with Gasteiger partial charge in [0, 0.05) is 16.1 Å². The molecule has 0 aliphatic heterocycles. The number of primary amides is 1. The van der Waals surface area contributed by atoms with Crippen molar-refractivity contribution in [3.05, 3.63) is 101 Å². The Morgan fingerprint density at radius 2 is 1.66 bits per heavy atom. The maximum Gasteiger partial charge on any atom is 0.272 e. The van der Waals surface area contributed by atoms with Crippen LogP contribution in [0, 0.1) is 6.92 Å². The standard InChI is InChI=1S/C25H23N3O3S/c1-17-10-12-18(13-11-17)14-22(28-24(30)19-6-3-2-4-7-19)25(31)27-20-8-5-9-21(15-20)32-16-23(26)29/h2-15H,16H2,1H3,(H2,26,29)(H,27,31)(H,28,30)/b22-14+. The van der Waals surface area contributed by atoms with E-state index in [1.54, 1.807) is 48.5 Å². The molecule has 3 amide bonds. The molecule has 0 spiro atoms. The van der Waals surface area contributed by atoms with Gasteiger partial charge in [-0.15, -0.1) is 11.8 Å². The van der Waals surface area contributed by atoms with E-state index in [-0.39, 0.29) is 17.4 Å². The van der Waals surface area contributed by atoms with Crippen LogP contribution < -0.4 is 16.4 Å². The van der Waals surface area contributed by atoms with Gasteiger partial charge in [0.25, 0.3) is 11.8 Å². The van der Waals surface area contributed by atoms with Gasteiger partial charge < -0.3 is 16.4 Å².